The minimum atomic E-state index is -0.576. The first kappa shape index (κ1) is 108. The Bertz CT molecular complexity index is 5780. The van der Waals surface area contributed by atoms with Crippen molar-refractivity contribution >= 4 is 68.5 Å². The van der Waals surface area contributed by atoms with E-state index in [1.165, 1.54) is 164 Å². The summed E-state index contributed by atoms with van der Waals surface area (Å²) in [5, 5.41) is 0. The number of rotatable bonds is 23. The van der Waals surface area contributed by atoms with Gasteiger partial charge in [0.2, 0.25) is 0 Å². The largest absolute Gasteiger partial charge is 0.462 e. The van der Waals surface area contributed by atoms with Crippen molar-refractivity contribution in [1.29, 1.82) is 0 Å². The minimum Gasteiger partial charge on any atom is -0.462 e. The van der Waals surface area contributed by atoms with Crippen LogP contribution in [0.4, 0.5) is 0 Å². The summed E-state index contributed by atoms with van der Waals surface area (Å²) in [5.41, 5.74) is 6.35. The highest BCUT2D eigenvalue weighted by Gasteiger charge is 2.55. The zero-order chi connectivity index (χ0) is 102. The summed E-state index contributed by atoms with van der Waals surface area (Å²) in [6, 6.07) is 109. The molecule has 0 aromatic heterocycles. The average Bonchev–Trinajstić information content (AvgIpc) is 0.746. The van der Waals surface area contributed by atoms with E-state index in [-0.39, 0.29) is 73.2 Å². The molecule has 145 heavy (non-hydrogen) atoms. The van der Waals surface area contributed by atoms with Crippen molar-refractivity contribution in [1.82, 2.24) is 0 Å². The smallest absolute Gasteiger partial charge is 0.338 e. The third-order valence-electron chi connectivity index (χ3n) is 29.1. The third kappa shape index (κ3) is 31.3. The molecule has 0 heterocycles. The molecule has 0 aliphatic heterocycles. The molecule has 10 saturated carbocycles. The third-order valence-corrected chi connectivity index (χ3v) is 35.8. The maximum Gasteiger partial charge on any atom is 0.338 e. The number of benzene rings is 12. The molecule has 0 amide bonds. The fraction of sp³-hybridized carbons (Fsp3) is 0.400. The van der Waals surface area contributed by atoms with Crippen LogP contribution in [0.15, 0.2) is 360 Å². The van der Waals surface area contributed by atoms with E-state index in [1.807, 2.05) is 32.9 Å². The zero-order valence-electron chi connectivity index (χ0n) is 87.6. The minimum absolute atomic E-state index is 0.0146. The molecule has 0 spiro atoms. The van der Waals surface area contributed by atoms with E-state index in [4.69, 9.17) is 28.4 Å². The lowest BCUT2D eigenvalue weighted by Gasteiger charge is -2.55. The molecule has 8 bridgehead atoms. The van der Waals surface area contributed by atoms with Gasteiger partial charge in [0.15, 0.2) is 44.1 Å². The van der Waals surface area contributed by atoms with Gasteiger partial charge in [0.1, 0.15) is 22.4 Å². The van der Waals surface area contributed by atoms with E-state index in [9.17, 15) is 28.8 Å². The number of esters is 6. The Hall–Kier alpha value is -11.5. The van der Waals surface area contributed by atoms with Crippen LogP contribution in [-0.2, 0) is 66.5 Å². The quantitative estimate of drug-likeness (QED) is 0.0340. The van der Waals surface area contributed by atoms with Gasteiger partial charge in [-0.2, -0.15) is 0 Å². The van der Waals surface area contributed by atoms with Gasteiger partial charge in [-0.1, -0.05) is 242 Å². The van der Waals surface area contributed by atoms with Crippen molar-refractivity contribution in [2.75, 3.05) is 13.2 Å². The SMILES string of the molecule is CC(C)(C)c1ccc([S+](c2ccccc2)c2ccccc2)cc1.Cc1cc(C(=O)OC(C)(C)C)cc(C(=O)OC(C)(C)C)c1.Cc1cc(C(=O)OC23CC4CC(CC(C4)C2)C3)cc(C(=O)OC23CC4CC(CC(C4)C2)C3)c1.Cc1cc(C(=O)OCCC2CCCCC2)cc(C(=O)OCCC2CCCCC2)c1.Cc1ccc([S+](c2ccccc2)c2ccccc2)cc1.c1ccc([S+](c2ccccc2)c2ccccc2)cc1. The molecule has 0 unspecified atom stereocenters. The number of hydrogen-bond acceptors (Lipinski definition) is 12. The Kier molecular flexibility index (Phi) is 37.4. The Morgan fingerprint density at radius 1 is 0.262 bits per heavy atom. The first-order valence-electron chi connectivity index (χ1n) is 53.1. The van der Waals surface area contributed by atoms with Gasteiger partial charge in [0.25, 0.3) is 0 Å². The maximum atomic E-state index is 13.3. The second-order valence-electron chi connectivity index (χ2n) is 44.8. The standard InChI is InChI=1S/C29H36O4.C25H36O4.C22H23S.C19H17S.C18H15S.C17H24O4/c1-17-2-24(26(30)32-28-11-18-4-19(12-28)6-20(5-18)13-28)10-25(3-17)27(31)33-29-14-21-7-22(15-29)9-23(8-21)16-29;1-19-16-22(24(26)28-14-12-20-8-4-2-5-9-20)18-23(17-19)25(27)29-15-13-21-10-6-3-7-11-21;1-22(2,3)18-14-16-21(17-15-18)23(19-10-6-4-7-11-19)20-12-8-5-9-13-20;1-16-12-14-19(15-13-16)20(17-8-4-2-5-9-17)18-10-6-3-7-11-18;1-4-10-16(11-5-1)19(17-12-6-2-7-13-17)18-14-8-3-9-15-18;1-11-8-12(14(18)20-16(2,3)4)10-13(9-11)15(19)21-17(5,6)7/h2-3,10,18-23H,4-9,11-16H2,1H3;16-18,20-21H,2-15H2,1H3;4-17H,1-3H3;2-15H,1H3;1-15H;8-10H,1-7H3/q;;3*+1;. The van der Waals surface area contributed by atoms with Crippen LogP contribution in [0.1, 0.15) is 306 Å². The summed E-state index contributed by atoms with van der Waals surface area (Å²) < 4.78 is 34.2. The summed E-state index contributed by atoms with van der Waals surface area (Å²) in [6.07, 6.45) is 28.8. The van der Waals surface area contributed by atoms with E-state index >= 15 is 0 Å². The average molecular weight is 2000 g/mol. The van der Waals surface area contributed by atoms with Gasteiger partial charge in [-0.15, -0.1) is 0 Å². The van der Waals surface area contributed by atoms with Gasteiger partial charge in [-0.25, -0.2) is 28.8 Å². The number of hydrogen-bond donors (Lipinski definition) is 0. The van der Waals surface area contributed by atoms with E-state index in [2.05, 4.69) is 289 Å². The second kappa shape index (κ2) is 50.3. The molecule has 0 N–H and O–H groups in total. The summed E-state index contributed by atoms with van der Waals surface area (Å²) in [6.45, 7) is 26.3. The monoisotopic (exact) mass is 2000 g/mol. The summed E-state index contributed by atoms with van der Waals surface area (Å²) >= 11 is 0. The molecule has 12 nitrogen and oxygen atoms in total. The highest BCUT2D eigenvalue weighted by molar-refractivity contribution is 7.97. The fourth-order valence-corrected chi connectivity index (χ4v) is 29.5. The molecule has 10 aliphatic carbocycles. The van der Waals surface area contributed by atoms with Crippen LogP contribution in [0.3, 0.4) is 0 Å². The summed E-state index contributed by atoms with van der Waals surface area (Å²) in [7, 11) is -0.0872. The molecule has 15 heteroatoms. The van der Waals surface area contributed by atoms with E-state index < -0.39 is 23.1 Å². The van der Waals surface area contributed by atoms with Crippen molar-refractivity contribution in [3.05, 3.63) is 377 Å². The van der Waals surface area contributed by atoms with Gasteiger partial charge in [-0.3, -0.25) is 0 Å². The highest BCUT2D eigenvalue weighted by atomic mass is 32.2. The fourth-order valence-electron chi connectivity index (χ4n) is 23.2. The molecule has 0 radical (unpaired) electrons. The van der Waals surface area contributed by atoms with Gasteiger partial charge < -0.3 is 28.4 Å². The number of ether oxygens (including phenoxy) is 6. The van der Waals surface area contributed by atoms with E-state index in [1.54, 1.807) is 77.9 Å². The normalized spacial score (nSPS) is 20.2. The lowest BCUT2D eigenvalue weighted by atomic mass is 9.54. The maximum absolute atomic E-state index is 13.3. The topological polar surface area (TPSA) is 158 Å². The molecular formula is C130H151O12S3+3. The van der Waals surface area contributed by atoms with Crippen molar-refractivity contribution < 1.29 is 57.2 Å². The van der Waals surface area contributed by atoms with Crippen LogP contribution in [-0.4, -0.2) is 71.4 Å². The molecule has 10 aliphatic rings. The van der Waals surface area contributed by atoms with Crippen molar-refractivity contribution in [3.8, 4) is 0 Å². The lowest BCUT2D eigenvalue weighted by molar-refractivity contribution is -0.131. The number of carbonyl (C=O) groups is 6. The van der Waals surface area contributed by atoms with Gasteiger partial charge in [-0.05, 0) is 398 Å². The first-order valence-corrected chi connectivity index (χ1v) is 56.7. The van der Waals surface area contributed by atoms with Crippen LogP contribution < -0.4 is 0 Å². The Balaban J connectivity index is 0.000000132. The van der Waals surface area contributed by atoms with Gasteiger partial charge in [0.05, 0.1) is 79.3 Å². The van der Waals surface area contributed by atoms with Crippen molar-refractivity contribution in [2.24, 2.45) is 47.3 Å². The molecular weight excluding hydrogens is 1850 g/mol. The number of aryl methyl sites for hydroxylation is 4. The number of carbonyl (C=O) groups excluding carboxylic acids is 6. The first-order chi connectivity index (χ1) is 69.7. The van der Waals surface area contributed by atoms with Gasteiger partial charge >= 0.3 is 35.8 Å². The summed E-state index contributed by atoms with van der Waals surface area (Å²) in [4.78, 5) is 88.0. The van der Waals surface area contributed by atoms with Crippen LogP contribution in [0, 0.1) is 75.0 Å². The van der Waals surface area contributed by atoms with Crippen LogP contribution in [0.5, 0.6) is 0 Å². The van der Waals surface area contributed by atoms with Crippen LogP contribution in [0.25, 0.3) is 0 Å². The Labute approximate surface area is 872 Å². The predicted octanol–water partition coefficient (Wildman–Crippen LogP) is 32.4. The van der Waals surface area contributed by atoms with E-state index in [0.29, 0.717) is 58.4 Å². The molecule has 758 valence electrons. The Morgan fingerprint density at radius 3 is 0.717 bits per heavy atom. The molecule has 0 atom stereocenters. The van der Waals surface area contributed by atoms with Gasteiger partial charge in [0, 0.05) is 0 Å². The summed E-state index contributed by atoms with van der Waals surface area (Å²) in [5.74, 6) is 3.63. The molecule has 10 fully saturated rings. The molecule has 12 aromatic carbocycles. The van der Waals surface area contributed by atoms with E-state index in [0.717, 1.165) is 104 Å². The Morgan fingerprint density at radius 2 is 0.483 bits per heavy atom. The highest BCUT2D eigenvalue weighted by Crippen LogP contribution is 2.59. The second-order valence-corrected chi connectivity index (χ2v) is 50.9. The lowest BCUT2D eigenvalue weighted by Crippen LogP contribution is -2.52. The van der Waals surface area contributed by atoms with Crippen molar-refractivity contribution in [2.45, 2.75) is 316 Å². The molecule has 0 saturated heterocycles. The van der Waals surface area contributed by atoms with Crippen LogP contribution in [0.2, 0.25) is 0 Å². The van der Waals surface area contributed by atoms with Crippen molar-refractivity contribution in [3.63, 3.8) is 0 Å². The molecule has 22 rings (SSSR count). The molecule has 12 aromatic rings. The zero-order valence-corrected chi connectivity index (χ0v) is 90.1. The predicted molar refractivity (Wildman–Crippen MR) is 587 cm³/mol. The van der Waals surface area contributed by atoms with Crippen LogP contribution >= 0.6 is 0 Å².